The van der Waals surface area contributed by atoms with Crippen LogP contribution in [-0.2, 0) is 4.79 Å². The van der Waals surface area contributed by atoms with E-state index in [1.54, 1.807) is 4.90 Å². The van der Waals surface area contributed by atoms with E-state index in [-0.39, 0.29) is 23.3 Å². The molecule has 1 aliphatic rings. The average Bonchev–Trinajstić information content (AvgIpc) is 2.15. The minimum atomic E-state index is -0.0188. The highest BCUT2D eigenvalue weighted by atomic mass is 16.2. The van der Waals surface area contributed by atoms with Crippen LogP contribution in [0.15, 0.2) is 4.99 Å². The molecule has 0 aromatic carbocycles. The minimum absolute atomic E-state index is 0.0188. The number of guanidine groups is 1. The van der Waals surface area contributed by atoms with Crippen molar-refractivity contribution in [3.8, 4) is 0 Å². The van der Waals surface area contributed by atoms with Gasteiger partial charge in [0.25, 0.3) is 0 Å². The summed E-state index contributed by atoms with van der Waals surface area (Å²) in [5.74, 6) is 0.465. The van der Waals surface area contributed by atoms with Gasteiger partial charge in [-0.05, 0) is 26.7 Å². The predicted octanol–water partition coefficient (Wildman–Crippen LogP) is -0.0932. The normalized spacial score (nSPS) is 23.5. The summed E-state index contributed by atoms with van der Waals surface area (Å²) in [4.78, 5) is 17.2. The number of carbonyl (C=O) groups is 1. The molecule has 0 saturated carbocycles. The maximum atomic E-state index is 11.5. The number of likely N-dealkylation sites (tertiary alicyclic amines) is 1. The molecule has 4 N–H and O–H groups in total. The molecule has 1 saturated heterocycles. The molecule has 0 aromatic rings. The summed E-state index contributed by atoms with van der Waals surface area (Å²) in [6.45, 7) is 4.77. The molecule has 0 aromatic heterocycles. The van der Waals surface area contributed by atoms with Crippen molar-refractivity contribution >= 4 is 11.9 Å². The molecule has 1 rings (SSSR count). The summed E-state index contributed by atoms with van der Waals surface area (Å²) in [6, 6.07) is 0. The monoisotopic (exact) mass is 212 g/mol. The van der Waals surface area contributed by atoms with Gasteiger partial charge in [0.2, 0.25) is 5.91 Å². The van der Waals surface area contributed by atoms with Crippen molar-refractivity contribution in [3.05, 3.63) is 0 Å². The Labute approximate surface area is 90.5 Å². The van der Waals surface area contributed by atoms with Gasteiger partial charge in [-0.15, -0.1) is 0 Å². The lowest BCUT2D eigenvalue weighted by molar-refractivity contribution is -0.163. The highest BCUT2D eigenvalue weighted by Gasteiger charge is 2.50. The van der Waals surface area contributed by atoms with Gasteiger partial charge in [0, 0.05) is 19.1 Å². The van der Waals surface area contributed by atoms with E-state index in [1.165, 1.54) is 0 Å². The van der Waals surface area contributed by atoms with Crippen LogP contribution in [0.4, 0.5) is 0 Å². The molecular formula is C10H20N4O. The molecule has 5 heteroatoms. The molecule has 15 heavy (non-hydrogen) atoms. The third-order valence-electron chi connectivity index (χ3n) is 3.29. The lowest BCUT2D eigenvalue weighted by atomic mass is 9.74. The van der Waals surface area contributed by atoms with Crippen molar-refractivity contribution in [1.82, 2.24) is 4.90 Å². The molecule has 1 aliphatic heterocycles. The first-order valence-corrected chi connectivity index (χ1v) is 5.20. The number of carbonyl (C=O) groups excluding carboxylic acids is 1. The number of β-lactam (4-membered cyclic amide) rings is 1. The van der Waals surface area contributed by atoms with Crippen LogP contribution in [0, 0.1) is 5.92 Å². The first-order valence-electron chi connectivity index (χ1n) is 5.20. The maximum Gasteiger partial charge on any atom is 0.228 e. The Morgan fingerprint density at radius 3 is 2.60 bits per heavy atom. The van der Waals surface area contributed by atoms with E-state index in [1.807, 2.05) is 7.05 Å². The largest absolute Gasteiger partial charge is 0.370 e. The van der Waals surface area contributed by atoms with Crippen LogP contribution in [-0.4, -0.2) is 35.9 Å². The molecule has 1 atom stereocenters. The van der Waals surface area contributed by atoms with E-state index >= 15 is 0 Å². The second kappa shape index (κ2) is 4.08. The van der Waals surface area contributed by atoms with Crippen molar-refractivity contribution in [2.45, 2.75) is 32.2 Å². The standard InChI is InChI=1S/C10H20N4O/c1-10(2)7(8(15)14(10)3)5-4-6-13-9(11)12/h7H,4-6H2,1-3H3,(H4,11,12,13). The van der Waals surface area contributed by atoms with Gasteiger partial charge in [0.15, 0.2) is 5.96 Å². The van der Waals surface area contributed by atoms with Gasteiger partial charge in [0.1, 0.15) is 0 Å². The van der Waals surface area contributed by atoms with E-state index in [2.05, 4.69) is 18.8 Å². The quantitative estimate of drug-likeness (QED) is 0.295. The predicted molar refractivity (Wildman–Crippen MR) is 60.2 cm³/mol. The van der Waals surface area contributed by atoms with Crippen molar-refractivity contribution in [1.29, 1.82) is 0 Å². The van der Waals surface area contributed by atoms with Gasteiger partial charge in [-0.3, -0.25) is 9.79 Å². The zero-order valence-corrected chi connectivity index (χ0v) is 9.66. The fourth-order valence-electron chi connectivity index (χ4n) is 1.97. The number of hydrogen-bond donors (Lipinski definition) is 2. The summed E-state index contributed by atoms with van der Waals surface area (Å²) in [5, 5.41) is 0. The highest BCUT2D eigenvalue weighted by Crippen LogP contribution is 2.38. The molecule has 5 nitrogen and oxygen atoms in total. The second-order valence-electron chi connectivity index (χ2n) is 4.55. The molecule has 1 fully saturated rings. The zero-order valence-electron chi connectivity index (χ0n) is 9.66. The molecule has 1 amide bonds. The highest BCUT2D eigenvalue weighted by molar-refractivity contribution is 5.87. The third kappa shape index (κ3) is 2.22. The summed E-state index contributed by atoms with van der Waals surface area (Å²) in [7, 11) is 1.84. The Morgan fingerprint density at radius 2 is 2.13 bits per heavy atom. The van der Waals surface area contributed by atoms with E-state index in [9.17, 15) is 4.79 Å². The fourth-order valence-corrected chi connectivity index (χ4v) is 1.97. The van der Waals surface area contributed by atoms with Crippen LogP contribution >= 0.6 is 0 Å². The van der Waals surface area contributed by atoms with Gasteiger partial charge < -0.3 is 16.4 Å². The Balaban J connectivity index is 2.35. The first-order chi connectivity index (χ1) is 6.87. The van der Waals surface area contributed by atoms with Crippen LogP contribution in [0.2, 0.25) is 0 Å². The molecule has 86 valence electrons. The average molecular weight is 212 g/mol. The molecule has 1 heterocycles. The molecular weight excluding hydrogens is 192 g/mol. The molecule has 0 spiro atoms. The molecule has 0 radical (unpaired) electrons. The smallest absolute Gasteiger partial charge is 0.228 e. The number of nitrogens with two attached hydrogens (primary N) is 2. The van der Waals surface area contributed by atoms with E-state index in [0.29, 0.717) is 6.54 Å². The van der Waals surface area contributed by atoms with Gasteiger partial charge in [-0.25, -0.2) is 0 Å². The SMILES string of the molecule is CN1C(=O)C(CCCN=C(N)N)C1(C)C. The Kier molecular flexibility index (Phi) is 3.21. The lowest BCUT2D eigenvalue weighted by Gasteiger charge is -2.52. The van der Waals surface area contributed by atoms with Crippen LogP contribution in [0.1, 0.15) is 26.7 Å². The number of hydrogen-bond acceptors (Lipinski definition) is 2. The zero-order chi connectivity index (χ0) is 11.6. The van der Waals surface area contributed by atoms with Crippen LogP contribution < -0.4 is 11.5 Å². The number of amides is 1. The summed E-state index contributed by atoms with van der Waals surface area (Å²) in [5.41, 5.74) is 10.4. The van der Waals surface area contributed by atoms with Crippen molar-refractivity contribution in [2.75, 3.05) is 13.6 Å². The number of nitrogens with zero attached hydrogens (tertiary/aromatic N) is 2. The Morgan fingerprint density at radius 1 is 1.53 bits per heavy atom. The van der Waals surface area contributed by atoms with Crippen molar-refractivity contribution in [2.24, 2.45) is 22.4 Å². The van der Waals surface area contributed by atoms with Gasteiger partial charge in [-0.2, -0.15) is 0 Å². The van der Waals surface area contributed by atoms with Gasteiger partial charge in [-0.1, -0.05) is 0 Å². The van der Waals surface area contributed by atoms with Crippen molar-refractivity contribution in [3.63, 3.8) is 0 Å². The van der Waals surface area contributed by atoms with Crippen LogP contribution in [0.5, 0.6) is 0 Å². The Hall–Kier alpha value is -1.26. The van der Waals surface area contributed by atoms with E-state index < -0.39 is 0 Å². The van der Waals surface area contributed by atoms with Crippen molar-refractivity contribution < 1.29 is 4.79 Å². The Bertz CT molecular complexity index is 281. The summed E-state index contributed by atoms with van der Waals surface area (Å²) >= 11 is 0. The van der Waals surface area contributed by atoms with Gasteiger partial charge in [0.05, 0.1) is 5.92 Å². The van der Waals surface area contributed by atoms with Crippen LogP contribution in [0.3, 0.4) is 0 Å². The lowest BCUT2D eigenvalue weighted by Crippen LogP contribution is -2.65. The molecule has 0 aliphatic carbocycles. The fraction of sp³-hybridized carbons (Fsp3) is 0.800. The second-order valence-corrected chi connectivity index (χ2v) is 4.55. The van der Waals surface area contributed by atoms with Gasteiger partial charge >= 0.3 is 0 Å². The van der Waals surface area contributed by atoms with E-state index in [0.717, 1.165) is 12.8 Å². The van der Waals surface area contributed by atoms with E-state index in [4.69, 9.17) is 11.5 Å². The summed E-state index contributed by atoms with van der Waals surface area (Å²) in [6.07, 6.45) is 1.71. The van der Waals surface area contributed by atoms with Crippen LogP contribution in [0.25, 0.3) is 0 Å². The summed E-state index contributed by atoms with van der Waals surface area (Å²) < 4.78 is 0. The maximum absolute atomic E-state index is 11.5. The number of aliphatic imine (C=N–C) groups is 1. The topological polar surface area (TPSA) is 84.7 Å². The number of rotatable bonds is 4. The molecule has 1 unspecified atom stereocenters. The first kappa shape index (κ1) is 11.8. The minimum Gasteiger partial charge on any atom is -0.370 e. The third-order valence-corrected chi connectivity index (χ3v) is 3.29. The molecule has 0 bridgehead atoms.